The van der Waals surface area contributed by atoms with Gasteiger partial charge in [-0.15, -0.1) is 0 Å². The molecule has 3 aromatic rings. The van der Waals surface area contributed by atoms with Gasteiger partial charge in [-0.2, -0.15) is 0 Å². The predicted molar refractivity (Wildman–Crippen MR) is 119 cm³/mol. The first-order chi connectivity index (χ1) is 13.6. The van der Waals surface area contributed by atoms with Gasteiger partial charge in [-0.05, 0) is 84.0 Å². The first-order valence-electron chi connectivity index (χ1n) is 9.50. The van der Waals surface area contributed by atoms with E-state index in [4.69, 9.17) is 0 Å². The summed E-state index contributed by atoms with van der Waals surface area (Å²) in [4.78, 5) is 14.3. The topological polar surface area (TPSA) is 46.4 Å². The molecule has 0 saturated carbocycles. The third-order valence-electron chi connectivity index (χ3n) is 5.44. The summed E-state index contributed by atoms with van der Waals surface area (Å²) < 4.78 is 0. The first-order valence-corrected chi connectivity index (χ1v) is 11.9. The normalized spacial score (nSPS) is 16.5. The first kappa shape index (κ1) is 18.6. The maximum absolute atomic E-state index is 11.0. The fraction of sp³-hybridized carbons (Fsp3) is 0.217. The summed E-state index contributed by atoms with van der Waals surface area (Å²) in [6.45, 7) is 0. The van der Waals surface area contributed by atoms with Crippen LogP contribution in [0.3, 0.4) is 0 Å². The van der Waals surface area contributed by atoms with Gasteiger partial charge in [0.05, 0.1) is 4.92 Å². The third kappa shape index (κ3) is 3.62. The number of anilines is 3. The molecule has 5 heteroatoms. The highest BCUT2D eigenvalue weighted by atomic mass is 32.3. The fourth-order valence-corrected chi connectivity index (χ4v) is 7.00. The van der Waals surface area contributed by atoms with Gasteiger partial charge in [0.15, 0.2) is 0 Å². The fourth-order valence-electron chi connectivity index (χ4n) is 3.85. The molecule has 0 aromatic heterocycles. The quantitative estimate of drug-likeness (QED) is 0.361. The van der Waals surface area contributed by atoms with Crippen molar-refractivity contribution >= 4 is 32.8 Å². The average Bonchev–Trinajstić information content (AvgIpc) is 3.18. The van der Waals surface area contributed by atoms with Crippen molar-refractivity contribution in [1.82, 2.24) is 0 Å². The van der Waals surface area contributed by atoms with Crippen molar-refractivity contribution in [2.24, 2.45) is 0 Å². The number of rotatable bonds is 5. The number of nitro benzene ring substituents is 1. The van der Waals surface area contributed by atoms with E-state index >= 15 is 0 Å². The van der Waals surface area contributed by atoms with Gasteiger partial charge in [0.25, 0.3) is 5.69 Å². The van der Waals surface area contributed by atoms with Gasteiger partial charge >= 0.3 is 0 Å². The van der Waals surface area contributed by atoms with Gasteiger partial charge in [0.1, 0.15) is 0 Å². The van der Waals surface area contributed by atoms with Crippen molar-refractivity contribution in [2.45, 2.75) is 17.7 Å². The van der Waals surface area contributed by atoms with Crippen LogP contribution in [-0.4, -0.2) is 22.7 Å². The van der Waals surface area contributed by atoms with E-state index in [2.05, 4.69) is 47.6 Å². The lowest BCUT2D eigenvalue weighted by Gasteiger charge is -2.32. The van der Waals surface area contributed by atoms with Crippen LogP contribution in [-0.2, 0) is 0 Å². The number of benzene rings is 3. The molecule has 0 atom stereocenters. The summed E-state index contributed by atoms with van der Waals surface area (Å²) in [5, 5.41) is 11.0. The zero-order chi connectivity index (χ0) is 19.6. The van der Waals surface area contributed by atoms with Crippen LogP contribution in [0.5, 0.6) is 0 Å². The van der Waals surface area contributed by atoms with Crippen LogP contribution in [0.15, 0.2) is 83.8 Å². The number of nitrogens with zero attached hydrogens (tertiary/aromatic N) is 2. The van der Waals surface area contributed by atoms with Gasteiger partial charge in [-0.25, -0.2) is 10.0 Å². The number of hydrogen-bond donors (Lipinski definition) is 0. The van der Waals surface area contributed by atoms with Crippen LogP contribution in [0.4, 0.5) is 22.7 Å². The van der Waals surface area contributed by atoms with Gasteiger partial charge in [0, 0.05) is 29.2 Å². The molecule has 0 N–H and O–H groups in total. The van der Waals surface area contributed by atoms with Crippen LogP contribution < -0.4 is 4.90 Å². The van der Waals surface area contributed by atoms with Gasteiger partial charge in [-0.3, -0.25) is 10.1 Å². The molecule has 1 aliphatic heterocycles. The molecular formula is C23H24N2O2S. The maximum atomic E-state index is 11.0. The van der Waals surface area contributed by atoms with Crippen molar-refractivity contribution in [1.29, 1.82) is 0 Å². The molecule has 0 unspecified atom stereocenters. The molecular weight excluding hydrogens is 368 g/mol. The molecule has 0 radical (unpaired) electrons. The summed E-state index contributed by atoms with van der Waals surface area (Å²) in [5.41, 5.74) is 3.10. The SMILES string of the molecule is CS1(c2ccc(N(c3ccccc3)c3ccc([N+](=O)[O-])cc3)cc2)CCCC1. The minimum atomic E-state index is -0.663. The van der Waals surface area contributed by atoms with E-state index in [0.29, 0.717) is 0 Å². The lowest BCUT2D eigenvalue weighted by molar-refractivity contribution is -0.384. The second kappa shape index (κ2) is 7.68. The second-order valence-corrected chi connectivity index (χ2v) is 11.2. The van der Waals surface area contributed by atoms with Crippen LogP contribution in [0, 0.1) is 10.1 Å². The minimum absolute atomic E-state index is 0.102. The zero-order valence-electron chi connectivity index (χ0n) is 16.0. The Morgan fingerprint density at radius 1 is 0.786 bits per heavy atom. The van der Waals surface area contributed by atoms with Gasteiger partial charge in [-0.1, -0.05) is 18.2 Å². The molecule has 1 fully saturated rings. The molecule has 1 saturated heterocycles. The van der Waals surface area contributed by atoms with Gasteiger partial charge < -0.3 is 4.90 Å². The molecule has 1 aliphatic rings. The Hall–Kier alpha value is -2.79. The van der Waals surface area contributed by atoms with Crippen molar-refractivity contribution in [2.75, 3.05) is 22.7 Å². The van der Waals surface area contributed by atoms with Crippen LogP contribution in [0.1, 0.15) is 12.8 Å². The molecule has 0 aliphatic carbocycles. The lowest BCUT2D eigenvalue weighted by Crippen LogP contribution is -2.10. The standard InChI is InChI=1S/C23H24N2O2S/c1-28(17-5-6-18-28)23-15-13-21(14-16-23)24(19-7-3-2-4-8-19)20-9-11-22(12-10-20)25(26)27/h2-4,7-16H,5-6,17-18H2,1H3. The number of hydrogen-bond acceptors (Lipinski definition) is 3. The van der Waals surface area contributed by atoms with E-state index in [-0.39, 0.29) is 10.6 Å². The molecule has 1 heterocycles. The predicted octanol–water partition coefficient (Wildman–Crippen LogP) is 6.65. The zero-order valence-corrected chi connectivity index (χ0v) is 16.8. The molecule has 4 nitrogen and oxygen atoms in total. The Morgan fingerprint density at radius 3 is 1.82 bits per heavy atom. The second-order valence-electron chi connectivity index (χ2n) is 7.33. The molecule has 144 valence electrons. The molecule has 0 amide bonds. The van der Waals surface area contributed by atoms with Crippen LogP contribution in [0.2, 0.25) is 0 Å². The van der Waals surface area contributed by atoms with Crippen LogP contribution >= 0.6 is 10.0 Å². The van der Waals surface area contributed by atoms with Crippen molar-refractivity contribution in [3.8, 4) is 0 Å². The van der Waals surface area contributed by atoms with E-state index in [0.717, 1.165) is 17.1 Å². The lowest BCUT2D eigenvalue weighted by atomic mass is 10.2. The molecule has 4 rings (SSSR count). The summed E-state index contributed by atoms with van der Waals surface area (Å²) in [7, 11) is -0.663. The monoisotopic (exact) mass is 392 g/mol. The van der Waals surface area contributed by atoms with E-state index in [9.17, 15) is 10.1 Å². The number of non-ortho nitro benzene ring substituents is 1. The molecule has 28 heavy (non-hydrogen) atoms. The Morgan fingerprint density at radius 2 is 1.29 bits per heavy atom. The summed E-state index contributed by atoms with van der Waals surface area (Å²) in [6.07, 6.45) is 5.12. The highest BCUT2D eigenvalue weighted by Crippen LogP contribution is 2.57. The van der Waals surface area contributed by atoms with Crippen molar-refractivity contribution < 1.29 is 4.92 Å². The molecule has 0 spiro atoms. The van der Waals surface area contributed by atoms with E-state index < -0.39 is 10.0 Å². The highest BCUT2D eigenvalue weighted by molar-refractivity contribution is 8.33. The van der Waals surface area contributed by atoms with Crippen LogP contribution in [0.25, 0.3) is 0 Å². The number of nitro groups is 1. The number of para-hydroxylation sites is 1. The molecule has 3 aromatic carbocycles. The average molecular weight is 393 g/mol. The smallest absolute Gasteiger partial charge is 0.269 e. The van der Waals surface area contributed by atoms with E-state index in [1.54, 1.807) is 12.1 Å². The summed E-state index contributed by atoms with van der Waals surface area (Å²) in [5.74, 6) is 2.66. The summed E-state index contributed by atoms with van der Waals surface area (Å²) >= 11 is 0. The largest absolute Gasteiger partial charge is 0.310 e. The molecule has 0 bridgehead atoms. The minimum Gasteiger partial charge on any atom is -0.310 e. The van der Waals surface area contributed by atoms with Crippen molar-refractivity contribution in [3.63, 3.8) is 0 Å². The van der Waals surface area contributed by atoms with E-state index in [1.807, 2.05) is 30.3 Å². The summed E-state index contributed by atoms with van der Waals surface area (Å²) in [6, 6.07) is 25.8. The Bertz CT molecular complexity index is 950. The van der Waals surface area contributed by atoms with Crippen molar-refractivity contribution in [3.05, 3.63) is 89.0 Å². The van der Waals surface area contributed by atoms with Gasteiger partial charge in [0.2, 0.25) is 0 Å². The maximum Gasteiger partial charge on any atom is 0.269 e. The Labute approximate surface area is 167 Å². The van der Waals surface area contributed by atoms with E-state index in [1.165, 1.54) is 29.2 Å². The third-order valence-corrected chi connectivity index (χ3v) is 9.23. The highest BCUT2D eigenvalue weighted by Gasteiger charge is 2.25. The Kier molecular flexibility index (Phi) is 5.09. The Balaban J connectivity index is 1.72.